The predicted octanol–water partition coefficient (Wildman–Crippen LogP) is 3.03. The molecule has 1 unspecified atom stereocenters. The molecular weight excluding hydrogens is 329 g/mol. The lowest BCUT2D eigenvalue weighted by Gasteiger charge is -2.14. The van der Waals surface area contributed by atoms with Gasteiger partial charge in [-0.3, -0.25) is 4.79 Å². The van der Waals surface area contributed by atoms with Crippen molar-refractivity contribution in [1.29, 1.82) is 0 Å². The van der Waals surface area contributed by atoms with Crippen molar-refractivity contribution in [3.8, 4) is 11.5 Å². The van der Waals surface area contributed by atoms with Crippen LogP contribution in [0.5, 0.6) is 11.5 Å². The van der Waals surface area contributed by atoms with Gasteiger partial charge < -0.3 is 19.5 Å². The fraction of sp³-hybridized carbons (Fsp3) is 0.222. The minimum atomic E-state index is -1.07. The molecule has 0 aliphatic heterocycles. The summed E-state index contributed by atoms with van der Waals surface area (Å²) < 4.78 is 28.6. The maximum atomic E-state index is 13.6. The molecule has 1 amide bonds. The second-order valence-corrected chi connectivity index (χ2v) is 5.12. The van der Waals surface area contributed by atoms with Crippen LogP contribution in [0, 0.1) is 5.82 Å². The van der Waals surface area contributed by atoms with Gasteiger partial charge in [-0.15, -0.1) is 0 Å². The van der Waals surface area contributed by atoms with Gasteiger partial charge in [-0.1, -0.05) is 6.07 Å². The number of ether oxygens (including phenoxy) is 3. The number of carbonyl (C=O) groups is 2. The van der Waals surface area contributed by atoms with E-state index in [1.165, 1.54) is 33.3 Å². The SMILES string of the molecule is COc1cccc(NC(=O)C(C)OC(=O)c2ccc(OC)c(F)c2)c1. The first-order valence-electron chi connectivity index (χ1n) is 7.44. The standard InChI is InChI=1S/C18H18FNO5/c1-11(17(21)20-13-5-4-6-14(10-13)23-2)25-18(22)12-7-8-16(24-3)15(19)9-12/h4-11H,1-3H3,(H,20,21). The largest absolute Gasteiger partial charge is 0.497 e. The molecule has 0 aliphatic carbocycles. The van der Waals surface area contributed by atoms with Gasteiger partial charge in [-0.25, -0.2) is 9.18 Å². The molecule has 6 nitrogen and oxygen atoms in total. The molecule has 1 atom stereocenters. The molecule has 25 heavy (non-hydrogen) atoms. The van der Waals surface area contributed by atoms with Crippen LogP contribution in [-0.2, 0) is 9.53 Å². The topological polar surface area (TPSA) is 73.9 Å². The highest BCUT2D eigenvalue weighted by molar-refractivity contribution is 5.97. The van der Waals surface area contributed by atoms with Gasteiger partial charge in [0.1, 0.15) is 5.75 Å². The third-order valence-corrected chi connectivity index (χ3v) is 3.38. The molecule has 0 fully saturated rings. The van der Waals surface area contributed by atoms with Crippen LogP contribution in [0.3, 0.4) is 0 Å². The van der Waals surface area contributed by atoms with Crippen LogP contribution in [0.25, 0.3) is 0 Å². The van der Waals surface area contributed by atoms with Crippen molar-refractivity contribution in [1.82, 2.24) is 0 Å². The summed E-state index contributed by atoms with van der Waals surface area (Å²) in [6, 6.07) is 10.4. The second-order valence-electron chi connectivity index (χ2n) is 5.12. The number of anilines is 1. The Kier molecular flexibility index (Phi) is 5.94. The number of halogens is 1. The number of benzene rings is 2. The third-order valence-electron chi connectivity index (χ3n) is 3.38. The van der Waals surface area contributed by atoms with E-state index in [0.29, 0.717) is 11.4 Å². The van der Waals surface area contributed by atoms with Gasteiger partial charge >= 0.3 is 5.97 Å². The summed E-state index contributed by atoms with van der Waals surface area (Å²) in [7, 11) is 2.83. The number of hydrogen-bond donors (Lipinski definition) is 1. The molecule has 1 N–H and O–H groups in total. The number of rotatable bonds is 6. The number of amides is 1. The maximum Gasteiger partial charge on any atom is 0.339 e. The fourth-order valence-corrected chi connectivity index (χ4v) is 2.02. The molecule has 0 aliphatic rings. The number of methoxy groups -OCH3 is 2. The molecule has 132 valence electrons. The minimum absolute atomic E-state index is 0.0142. The van der Waals surface area contributed by atoms with Crippen LogP contribution in [0.2, 0.25) is 0 Å². The Labute approximate surface area is 144 Å². The van der Waals surface area contributed by atoms with E-state index >= 15 is 0 Å². The lowest BCUT2D eigenvalue weighted by molar-refractivity contribution is -0.123. The Hall–Kier alpha value is -3.09. The molecule has 2 rings (SSSR count). The normalized spacial score (nSPS) is 11.4. The molecular formula is C18H18FNO5. The summed E-state index contributed by atoms with van der Waals surface area (Å²) in [6.07, 6.45) is -1.07. The van der Waals surface area contributed by atoms with Gasteiger partial charge in [0.05, 0.1) is 19.8 Å². The van der Waals surface area contributed by atoms with Gasteiger partial charge in [0.15, 0.2) is 17.7 Å². The molecule has 0 spiro atoms. The quantitative estimate of drug-likeness (QED) is 0.813. The molecule has 0 bridgehead atoms. The van der Waals surface area contributed by atoms with Crippen LogP contribution in [0.15, 0.2) is 42.5 Å². The van der Waals surface area contributed by atoms with Crippen molar-refractivity contribution < 1.29 is 28.2 Å². The Morgan fingerprint density at radius 1 is 1.08 bits per heavy atom. The lowest BCUT2D eigenvalue weighted by atomic mass is 10.2. The summed E-state index contributed by atoms with van der Waals surface area (Å²) in [4.78, 5) is 24.2. The van der Waals surface area contributed by atoms with Crippen molar-refractivity contribution in [3.05, 3.63) is 53.8 Å². The van der Waals surface area contributed by atoms with Gasteiger partial charge in [-0.2, -0.15) is 0 Å². The van der Waals surface area contributed by atoms with Crippen molar-refractivity contribution in [3.63, 3.8) is 0 Å². The van der Waals surface area contributed by atoms with Crippen LogP contribution < -0.4 is 14.8 Å². The zero-order valence-electron chi connectivity index (χ0n) is 14.0. The maximum absolute atomic E-state index is 13.6. The molecule has 0 aromatic heterocycles. The van der Waals surface area contributed by atoms with Crippen LogP contribution >= 0.6 is 0 Å². The van der Waals surface area contributed by atoms with Gasteiger partial charge in [0.25, 0.3) is 5.91 Å². The summed E-state index contributed by atoms with van der Waals surface area (Å²) in [6.45, 7) is 1.42. The number of nitrogens with one attached hydrogen (secondary N) is 1. The van der Waals surface area contributed by atoms with Crippen molar-refractivity contribution in [2.24, 2.45) is 0 Å². The Bertz CT molecular complexity index is 778. The monoisotopic (exact) mass is 347 g/mol. The zero-order chi connectivity index (χ0) is 18.4. The summed E-state index contributed by atoms with van der Waals surface area (Å²) in [5.41, 5.74) is 0.488. The smallest absolute Gasteiger partial charge is 0.339 e. The molecule has 0 saturated carbocycles. The number of carbonyl (C=O) groups excluding carboxylic acids is 2. The van der Waals surface area contributed by atoms with E-state index in [2.05, 4.69) is 5.32 Å². The van der Waals surface area contributed by atoms with Crippen molar-refractivity contribution in [2.45, 2.75) is 13.0 Å². The molecule has 7 heteroatoms. The van der Waals surface area contributed by atoms with E-state index in [0.717, 1.165) is 6.07 Å². The molecule has 2 aromatic carbocycles. The van der Waals surface area contributed by atoms with Gasteiger partial charge in [-0.05, 0) is 37.3 Å². The predicted molar refractivity (Wildman–Crippen MR) is 89.5 cm³/mol. The Morgan fingerprint density at radius 3 is 2.48 bits per heavy atom. The summed E-state index contributed by atoms with van der Waals surface area (Å²) in [5, 5.41) is 2.61. The Balaban J connectivity index is 2.00. The number of esters is 1. The molecule has 0 radical (unpaired) electrons. The van der Waals surface area contributed by atoms with E-state index in [1.54, 1.807) is 24.3 Å². The van der Waals surface area contributed by atoms with Crippen LogP contribution in [0.1, 0.15) is 17.3 Å². The fourth-order valence-electron chi connectivity index (χ4n) is 2.02. The third kappa shape index (κ3) is 4.69. The highest BCUT2D eigenvalue weighted by Crippen LogP contribution is 2.19. The lowest BCUT2D eigenvalue weighted by Crippen LogP contribution is -2.30. The van der Waals surface area contributed by atoms with Gasteiger partial charge in [0.2, 0.25) is 0 Å². The molecule has 0 saturated heterocycles. The first-order chi connectivity index (χ1) is 11.9. The van der Waals surface area contributed by atoms with E-state index in [9.17, 15) is 14.0 Å². The van der Waals surface area contributed by atoms with Crippen molar-refractivity contribution >= 4 is 17.6 Å². The summed E-state index contributed by atoms with van der Waals surface area (Å²) in [5.74, 6) is -1.42. The van der Waals surface area contributed by atoms with E-state index in [4.69, 9.17) is 14.2 Å². The van der Waals surface area contributed by atoms with Crippen molar-refractivity contribution in [2.75, 3.05) is 19.5 Å². The van der Waals surface area contributed by atoms with E-state index in [-0.39, 0.29) is 11.3 Å². The van der Waals surface area contributed by atoms with Crippen LogP contribution in [-0.4, -0.2) is 32.2 Å². The van der Waals surface area contributed by atoms with Gasteiger partial charge in [0, 0.05) is 11.8 Å². The second kappa shape index (κ2) is 8.14. The first-order valence-corrected chi connectivity index (χ1v) is 7.44. The first kappa shape index (κ1) is 18.3. The Morgan fingerprint density at radius 2 is 1.84 bits per heavy atom. The van der Waals surface area contributed by atoms with E-state index < -0.39 is 23.8 Å². The van der Waals surface area contributed by atoms with E-state index in [1.807, 2.05) is 0 Å². The minimum Gasteiger partial charge on any atom is -0.497 e. The zero-order valence-corrected chi connectivity index (χ0v) is 14.0. The number of hydrogen-bond acceptors (Lipinski definition) is 5. The average Bonchev–Trinajstić information content (AvgIpc) is 2.61. The molecule has 0 heterocycles. The average molecular weight is 347 g/mol. The highest BCUT2D eigenvalue weighted by atomic mass is 19.1. The van der Waals surface area contributed by atoms with Crippen LogP contribution in [0.4, 0.5) is 10.1 Å². The summed E-state index contributed by atoms with van der Waals surface area (Å²) >= 11 is 0. The highest BCUT2D eigenvalue weighted by Gasteiger charge is 2.20. The molecule has 2 aromatic rings.